The molecule has 0 saturated carbocycles. The Morgan fingerprint density at radius 3 is 2.58 bits per heavy atom. The zero-order chi connectivity index (χ0) is 17.5. The monoisotopic (exact) mass is 331 g/mol. The van der Waals surface area contributed by atoms with Gasteiger partial charge in [0.2, 0.25) is 0 Å². The van der Waals surface area contributed by atoms with Crippen molar-refractivity contribution in [1.29, 1.82) is 0 Å². The van der Waals surface area contributed by atoms with Gasteiger partial charge in [-0.3, -0.25) is 4.79 Å². The van der Waals surface area contributed by atoms with E-state index in [0.717, 1.165) is 0 Å². The van der Waals surface area contributed by atoms with Crippen LogP contribution in [0, 0.1) is 12.7 Å². The first kappa shape index (κ1) is 16.2. The van der Waals surface area contributed by atoms with E-state index in [4.69, 9.17) is 0 Å². The van der Waals surface area contributed by atoms with Crippen LogP contribution in [0.4, 0.5) is 4.39 Å². The third kappa shape index (κ3) is 2.55. The molecule has 1 aromatic carbocycles. The van der Waals surface area contributed by atoms with Gasteiger partial charge in [0, 0.05) is 12.2 Å². The number of carbonyl (C=O) groups excluding carboxylic acids is 1. The molecule has 2 aromatic rings. The zero-order valence-corrected chi connectivity index (χ0v) is 13.5. The van der Waals surface area contributed by atoms with Crippen LogP contribution in [0.1, 0.15) is 35.9 Å². The summed E-state index contributed by atoms with van der Waals surface area (Å²) in [6.07, 6.45) is 1.07. The Bertz CT molecular complexity index is 800. The van der Waals surface area contributed by atoms with Gasteiger partial charge >= 0.3 is 5.97 Å². The van der Waals surface area contributed by atoms with Gasteiger partial charge in [0.15, 0.2) is 5.69 Å². The highest BCUT2D eigenvalue weighted by atomic mass is 19.1. The normalized spacial score (nSPS) is 20.4. The van der Waals surface area contributed by atoms with Crippen LogP contribution in [-0.2, 0) is 4.79 Å². The van der Waals surface area contributed by atoms with Gasteiger partial charge in [-0.05, 0) is 57.0 Å². The standard InChI is InChI=1S/C17H18FN3O3/c1-11-10-14(19-21(11)13-6-4-12(18)5-7-13)15(22)20-9-3-8-17(20,2)16(23)24/h4-7,10H,3,8-9H2,1-2H3,(H,23,24)/t17-/m1/s1. The molecule has 3 rings (SSSR count). The van der Waals surface area contributed by atoms with E-state index in [1.165, 1.54) is 17.0 Å². The number of carboxylic acids is 1. The first-order valence-electron chi connectivity index (χ1n) is 7.71. The summed E-state index contributed by atoms with van der Waals surface area (Å²) in [6.45, 7) is 3.74. The maximum absolute atomic E-state index is 13.1. The number of carbonyl (C=O) groups is 2. The molecule has 1 N–H and O–H groups in total. The second kappa shape index (κ2) is 5.74. The quantitative estimate of drug-likeness (QED) is 0.937. The lowest BCUT2D eigenvalue weighted by Crippen LogP contribution is -2.50. The average molecular weight is 331 g/mol. The molecule has 24 heavy (non-hydrogen) atoms. The van der Waals surface area contributed by atoms with Gasteiger partial charge < -0.3 is 10.0 Å². The lowest BCUT2D eigenvalue weighted by molar-refractivity contribution is -0.147. The molecule has 1 amide bonds. The number of nitrogens with zero attached hydrogens (tertiary/aromatic N) is 3. The third-order valence-electron chi connectivity index (χ3n) is 4.52. The highest BCUT2D eigenvalue weighted by Crippen LogP contribution is 2.30. The van der Waals surface area contributed by atoms with Crippen LogP contribution in [0.15, 0.2) is 30.3 Å². The molecule has 126 valence electrons. The number of aryl methyl sites for hydroxylation is 1. The van der Waals surface area contributed by atoms with Crippen LogP contribution in [-0.4, -0.2) is 43.7 Å². The second-order valence-electron chi connectivity index (χ2n) is 6.20. The topological polar surface area (TPSA) is 75.4 Å². The number of hydrogen-bond acceptors (Lipinski definition) is 3. The lowest BCUT2D eigenvalue weighted by Gasteiger charge is -2.30. The van der Waals surface area contributed by atoms with Gasteiger partial charge in [-0.2, -0.15) is 5.10 Å². The smallest absolute Gasteiger partial charge is 0.329 e. The molecule has 1 atom stereocenters. The second-order valence-corrected chi connectivity index (χ2v) is 6.20. The Hall–Kier alpha value is -2.70. The number of carboxylic acid groups (broad SMARTS) is 1. The van der Waals surface area contributed by atoms with Crippen LogP contribution in [0.5, 0.6) is 0 Å². The number of aromatic nitrogens is 2. The number of halogens is 1. The summed E-state index contributed by atoms with van der Waals surface area (Å²) in [5.74, 6) is -1.77. The van der Waals surface area contributed by atoms with Gasteiger partial charge in [-0.15, -0.1) is 0 Å². The molecule has 6 nitrogen and oxygen atoms in total. The molecule has 1 saturated heterocycles. The first-order valence-corrected chi connectivity index (χ1v) is 7.71. The van der Waals surface area contributed by atoms with Gasteiger partial charge in [0.1, 0.15) is 11.4 Å². The molecule has 1 fully saturated rings. The van der Waals surface area contributed by atoms with Crippen molar-refractivity contribution in [3.8, 4) is 5.69 Å². The summed E-state index contributed by atoms with van der Waals surface area (Å²) in [7, 11) is 0. The van der Waals surface area contributed by atoms with E-state index in [1.807, 2.05) is 0 Å². The summed E-state index contributed by atoms with van der Waals surface area (Å²) < 4.78 is 14.6. The molecule has 1 aromatic heterocycles. The highest BCUT2D eigenvalue weighted by molar-refractivity contribution is 5.96. The molecular formula is C17H18FN3O3. The Balaban J connectivity index is 1.93. The van der Waals surface area contributed by atoms with E-state index in [1.54, 1.807) is 36.7 Å². The molecule has 0 spiro atoms. The fourth-order valence-electron chi connectivity index (χ4n) is 3.07. The summed E-state index contributed by atoms with van der Waals surface area (Å²) in [5.41, 5.74) is 0.327. The van der Waals surface area contributed by atoms with E-state index < -0.39 is 17.4 Å². The Kier molecular flexibility index (Phi) is 3.87. The van der Waals surface area contributed by atoms with Gasteiger partial charge in [0.05, 0.1) is 5.69 Å². The largest absolute Gasteiger partial charge is 0.480 e. The molecular weight excluding hydrogens is 313 g/mol. The van der Waals surface area contributed by atoms with E-state index in [9.17, 15) is 19.1 Å². The number of benzene rings is 1. The molecule has 1 aliphatic rings. The average Bonchev–Trinajstić information content (AvgIpc) is 3.12. The maximum Gasteiger partial charge on any atom is 0.329 e. The molecule has 1 aliphatic heterocycles. The van der Waals surface area contributed by atoms with E-state index >= 15 is 0 Å². The van der Waals surface area contributed by atoms with Crippen molar-refractivity contribution in [1.82, 2.24) is 14.7 Å². The summed E-state index contributed by atoms with van der Waals surface area (Å²) >= 11 is 0. The highest BCUT2D eigenvalue weighted by Gasteiger charge is 2.46. The maximum atomic E-state index is 13.1. The number of amides is 1. The van der Waals surface area contributed by atoms with Crippen LogP contribution in [0.2, 0.25) is 0 Å². The molecule has 0 radical (unpaired) electrons. The van der Waals surface area contributed by atoms with Gasteiger partial charge in [0.25, 0.3) is 5.91 Å². The van der Waals surface area contributed by atoms with Crippen molar-refractivity contribution < 1.29 is 19.1 Å². The van der Waals surface area contributed by atoms with Crippen LogP contribution in [0.3, 0.4) is 0 Å². The molecule has 7 heteroatoms. The molecule has 0 aliphatic carbocycles. The number of hydrogen-bond donors (Lipinski definition) is 1. The summed E-state index contributed by atoms with van der Waals surface area (Å²) in [5, 5.41) is 13.7. The predicted octanol–water partition coefficient (Wildman–Crippen LogP) is 2.40. The fraction of sp³-hybridized carbons (Fsp3) is 0.353. The zero-order valence-electron chi connectivity index (χ0n) is 13.5. The van der Waals surface area contributed by atoms with E-state index in [2.05, 4.69) is 5.10 Å². The lowest BCUT2D eigenvalue weighted by atomic mass is 9.99. The molecule has 0 bridgehead atoms. The first-order chi connectivity index (χ1) is 11.3. The minimum atomic E-state index is -1.20. The SMILES string of the molecule is Cc1cc(C(=O)N2CCC[C@]2(C)C(=O)O)nn1-c1ccc(F)cc1. The number of rotatable bonds is 3. The Labute approximate surface area is 138 Å². The molecule has 0 unspecified atom stereocenters. The number of likely N-dealkylation sites (tertiary alicyclic amines) is 1. The Morgan fingerprint density at radius 2 is 1.96 bits per heavy atom. The van der Waals surface area contributed by atoms with E-state index in [-0.39, 0.29) is 11.5 Å². The summed E-state index contributed by atoms with van der Waals surface area (Å²) in [6, 6.07) is 7.40. The van der Waals surface area contributed by atoms with Crippen molar-refractivity contribution in [2.75, 3.05) is 6.54 Å². The summed E-state index contributed by atoms with van der Waals surface area (Å²) in [4.78, 5) is 25.7. The van der Waals surface area contributed by atoms with Crippen molar-refractivity contribution in [2.24, 2.45) is 0 Å². The van der Waals surface area contributed by atoms with Crippen molar-refractivity contribution >= 4 is 11.9 Å². The van der Waals surface area contributed by atoms with Gasteiger partial charge in [-0.25, -0.2) is 13.9 Å². The minimum Gasteiger partial charge on any atom is -0.480 e. The van der Waals surface area contributed by atoms with Crippen molar-refractivity contribution in [3.05, 3.63) is 47.5 Å². The Morgan fingerprint density at radius 1 is 1.29 bits per heavy atom. The minimum absolute atomic E-state index is 0.186. The van der Waals surface area contributed by atoms with Crippen molar-refractivity contribution in [3.63, 3.8) is 0 Å². The fourth-order valence-corrected chi connectivity index (χ4v) is 3.07. The van der Waals surface area contributed by atoms with Crippen LogP contribution >= 0.6 is 0 Å². The van der Waals surface area contributed by atoms with Crippen molar-refractivity contribution in [2.45, 2.75) is 32.2 Å². The van der Waals surface area contributed by atoms with E-state index in [0.29, 0.717) is 30.8 Å². The van der Waals surface area contributed by atoms with Gasteiger partial charge in [-0.1, -0.05) is 0 Å². The van der Waals surface area contributed by atoms with Crippen LogP contribution < -0.4 is 0 Å². The third-order valence-corrected chi connectivity index (χ3v) is 4.52. The van der Waals surface area contributed by atoms with Crippen LogP contribution in [0.25, 0.3) is 5.69 Å². The number of aliphatic carboxylic acids is 1. The predicted molar refractivity (Wildman–Crippen MR) is 84.6 cm³/mol. The molecule has 2 heterocycles.